The zero-order chi connectivity index (χ0) is 12.0. The molecule has 0 bridgehead atoms. The number of nitrogens with one attached hydrogen (secondary N) is 1. The fraction of sp³-hybridized carbons (Fsp3) is 1.00. The predicted molar refractivity (Wildman–Crippen MR) is 55.3 cm³/mol. The molecule has 0 aromatic carbocycles. The molecule has 1 saturated heterocycles. The van der Waals surface area contributed by atoms with E-state index in [0.29, 0.717) is 19.0 Å². The Morgan fingerprint density at radius 2 is 2.19 bits per heavy atom. The molecule has 1 rings (SSSR count). The van der Waals surface area contributed by atoms with E-state index in [1.54, 1.807) is 0 Å². The molecule has 1 aliphatic heterocycles. The van der Waals surface area contributed by atoms with Crippen LogP contribution in [0.5, 0.6) is 0 Å². The summed E-state index contributed by atoms with van der Waals surface area (Å²) in [6.45, 7) is 2.56. The largest absolute Gasteiger partial charge is 0.401 e. The minimum atomic E-state index is -4.10. The van der Waals surface area contributed by atoms with Crippen molar-refractivity contribution in [3.8, 4) is 0 Å². The highest BCUT2D eigenvalue weighted by atomic mass is 19.4. The van der Waals surface area contributed by atoms with Crippen molar-refractivity contribution in [2.45, 2.75) is 12.6 Å². The lowest BCUT2D eigenvalue weighted by Crippen LogP contribution is -2.37. The third-order valence-corrected chi connectivity index (χ3v) is 2.58. The van der Waals surface area contributed by atoms with E-state index in [9.17, 15) is 13.2 Å². The van der Waals surface area contributed by atoms with E-state index < -0.39 is 12.7 Å². The van der Waals surface area contributed by atoms with Crippen LogP contribution in [-0.2, 0) is 4.74 Å². The number of hydrogen-bond donors (Lipinski definition) is 1. The van der Waals surface area contributed by atoms with E-state index in [-0.39, 0.29) is 0 Å². The Kier molecular flexibility index (Phi) is 5.51. The molecule has 0 aliphatic carbocycles. The summed E-state index contributed by atoms with van der Waals surface area (Å²) >= 11 is 0. The lowest BCUT2D eigenvalue weighted by Gasteiger charge is -2.19. The second-order valence-electron chi connectivity index (χ2n) is 4.29. The van der Waals surface area contributed by atoms with Crippen molar-refractivity contribution in [2.24, 2.45) is 5.92 Å². The van der Waals surface area contributed by atoms with Crippen LogP contribution in [0.2, 0.25) is 0 Å². The quantitative estimate of drug-likeness (QED) is 0.704. The van der Waals surface area contributed by atoms with Crippen molar-refractivity contribution < 1.29 is 17.9 Å². The zero-order valence-corrected chi connectivity index (χ0v) is 9.52. The SMILES string of the molecule is CN(CCNCC1CCOC1)CC(F)(F)F. The highest BCUT2D eigenvalue weighted by molar-refractivity contribution is 4.67. The molecule has 0 aromatic heterocycles. The molecule has 3 nitrogen and oxygen atoms in total. The third-order valence-electron chi connectivity index (χ3n) is 2.58. The average Bonchev–Trinajstić information content (AvgIpc) is 2.62. The topological polar surface area (TPSA) is 24.5 Å². The van der Waals surface area contributed by atoms with Crippen LogP contribution < -0.4 is 5.32 Å². The van der Waals surface area contributed by atoms with Gasteiger partial charge in [0, 0.05) is 26.2 Å². The van der Waals surface area contributed by atoms with Gasteiger partial charge in [0.25, 0.3) is 0 Å². The number of halogens is 3. The summed E-state index contributed by atoms with van der Waals surface area (Å²) in [6.07, 6.45) is -3.06. The lowest BCUT2D eigenvalue weighted by atomic mass is 10.1. The van der Waals surface area contributed by atoms with E-state index in [1.807, 2.05) is 0 Å². The molecule has 0 radical (unpaired) electrons. The van der Waals surface area contributed by atoms with Crippen LogP contribution in [0, 0.1) is 5.92 Å². The van der Waals surface area contributed by atoms with Gasteiger partial charge in [-0.1, -0.05) is 0 Å². The molecule has 16 heavy (non-hydrogen) atoms. The van der Waals surface area contributed by atoms with Gasteiger partial charge in [-0.05, 0) is 19.4 Å². The summed E-state index contributed by atoms with van der Waals surface area (Å²) in [4.78, 5) is 1.28. The Hall–Kier alpha value is -0.330. The smallest absolute Gasteiger partial charge is 0.381 e. The van der Waals surface area contributed by atoms with Crippen molar-refractivity contribution in [3.63, 3.8) is 0 Å². The van der Waals surface area contributed by atoms with E-state index in [0.717, 1.165) is 26.2 Å². The molecule has 0 amide bonds. The fourth-order valence-corrected chi connectivity index (χ4v) is 1.71. The first kappa shape index (κ1) is 13.7. The molecule has 96 valence electrons. The zero-order valence-electron chi connectivity index (χ0n) is 9.52. The summed E-state index contributed by atoms with van der Waals surface area (Å²) < 4.78 is 41.1. The van der Waals surface area contributed by atoms with E-state index in [4.69, 9.17) is 4.74 Å². The first-order valence-corrected chi connectivity index (χ1v) is 5.51. The first-order valence-electron chi connectivity index (χ1n) is 5.51. The molecular weight excluding hydrogens is 221 g/mol. The predicted octanol–water partition coefficient (Wildman–Crippen LogP) is 1.11. The summed E-state index contributed by atoms with van der Waals surface area (Å²) in [6, 6.07) is 0. The van der Waals surface area contributed by atoms with Crippen LogP contribution >= 0.6 is 0 Å². The standard InChI is InChI=1S/C10H19F3N2O/c1-15(8-10(11,12)13)4-3-14-6-9-2-5-16-7-9/h9,14H,2-8H2,1H3. The Morgan fingerprint density at radius 1 is 1.44 bits per heavy atom. The van der Waals surface area contributed by atoms with E-state index >= 15 is 0 Å². The van der Waals surface area contributed by atoms with Crippen LogP contribution in [0.1, 0.15) is 6.42 Å². The molecule has 0 saturated carbocycles. The average molecular weight is 240 g/mol. The van der Waals surface area contributed by atoms with Gasteiger partial charge in [-0.3, -0.25) is 4.90 Å². The van der Waals surface area contributed by atoms with E-state index in [1.165, 1.54) is 11.9 Å². The van der Waals surface area contributed by atoms with Gasteiger partial charge < -0.3 is 10.1 Å². The van der Waals surface area contributed by atoms with E-state index in [2.05, 4.69) is 5.32 Å². The molecule has 0 aromatic rings. The van der Waals surface area contributed by atoms with Gasteiger partial charge in [0.1, 0.15) is 0 Å². The lowest BCUT2D eigenvalue weighted by molar-refractivity contribution is -0.142. The highest BCUT2D eigenvalue weighted by Crippen LogP contribution is 2.15. The maximum atomic E-state index is 12.0. The van der Waals surface area contributed by atoms with Gasteiger partial charge in [0.15, 0.2) is 0 Å². The molecule has 0 spiro atoms. The molecular formula is C10H19F3N2O. The van der Waals surface area contributed by atoms with Crippen LogP contribution in [0.15, 0.2) is 0 Å². The Balaban J connectivity index is 1.97. The second kappa shape index (κ2) is 6.42. The second-order valence-corrected chi connectivity index (χ2v) is 4.29. The van der Waals surface area contributed by atoms with Gasteiger partial charge in [0.05, 0.1) is 13.2 Å². The number of nitrogens with zero attached hydrogens (tertiary/aromatic N) is 1. The van der Waals surface area contributed by atoms with Crippen LogP contribution in [0.4, 0.5) is 13.2 Å². The summed E-state index contributed by atoms with van der Waals surface area (Å²) in [5, 5.41) is 3.15. The Morgan fingerprint density at radius 3 is 2.75 bits per heavy atom. The highest BCUT2D eigenvalue weighted by Gasteiger charge is 2.28. The van der Waals surface area contributed by atoms with Crippen LogP contribution in [-0.4, -0.2) is 57.5 Å². The first-order chi connectivity index (χ1) is 7.47. The number of likely N-dealkylation sites (N-methyl/N-ethyl adjacent to an activating group) is 1. The summed E-state index contributed by atoms with van der Waals surface area (Å²) in [5.41, 5.74) is 0. The summed E-state index contributed by atoms with van der Waals surface area (Å²) in [5.74, 6) is 0.521. The molecule has 1 unspecified atom stereocenters. The Labute approximate surface area is 93.9 Å². The molecule has 1 aliphatic rings. The fourth-order valence-electron chi connectivity index (χ4n) is 1.71. The minimum Gasteiger partial charge on any atom is -0.381 e. The molecule has 1 fully saturated rings. The van der Waals surface area contributed by atoms with Gasteiger partial charge in [0.2, 0.25) is 0 Å². The van der Waals surface area contributed by atoms with Gasteiger partial charge in [-0.25, -0.2) is 0 Å². The van der Waals surface area contributed by atoms with Crippen molar-refractivity contribution >= 4 is 0 Å². The van der Waals surface area contributed by atoms with Crippen molar-refractivity contribution in [3.05, 3.63) is 0 Å². The van der Waals surface area contributed by atoms with Gasteiger partial charge >= 0.3 is 6.18 Å². The molecule has 1 atom stereocenters. The molecule has 1 N–H and O–H groups in total. The van der Waals surface area contributed by atoms with Crippen molar-refractivity contribution in [1.82, 2.24) is 10.2 Å². The number of hydrogen-bond acceptors (Lipinski definition) is 3. The van der Waals surface area contributed by atoms with Crippen molar-refractivity contribution in [1.29, 1.82) is 0 Å². The normalized spacial score (nSPS) is 21.9. The van der Waals surface area contributed by atoms with Gasteiger partial charge in [-0.15, -0.1) is 0 Å². The number of alkyl halides is 3. The Bertz CT molecular complexity index is 193. The maximum Gasteiger partial charge on any atom is 0.401 e. The molecule has 1 heterocycles. The molecule has 6 heteroatoms. The number of ether oxygens (including phenoxy) is 1. The monoisotopic (exact) mass is 240 g/mol. The number of rotatable bonds is 6. The minimum absolute atomic E-state index is 0.410. The van der Waals surface area contributed by atoms with Crippen molar-refractivity contribution in [2.75, 3.05) is 46.4 Å². The van der Waals surface area contributed by atoms with Crippen LogP contribution in [0.3, 0.4) is 0 Å². The van der Waals surface area contributed by atoms with Gasteiger partial charge in [-0.2, -0.15) is 13.2 Å². The maximum absolute atomic E-state index is 12.0. The summed E-state index contributed by atoms with van der Waals surface area (Å²) in [7, 11) is 1.48. The van der Waals surface area contributed by atoms with Crippen LogP contribution in [0.25, 0.3) is 0 Å². The third kappa shape index (κ3) is 6.30.